The number of aromatic nitrogens is 5. The summed E-state index contributed by atoms with van der Waals surface area (Å²) >= 11 is 3.47. The van der Waals surface area contributed by atoms with Crippen molar-refractivity contribution in [2.24, 2.45) is 14.1 Å². The SMILES string of the molecule is Cn1ccc2ccc(Nc3ncnc4c3c(Br)nn4C)cc21. The fourth-order valence-corrected chi connectivity index (χ4v) is 3.22. The topological polar surface area (TPSA) is 60.6 Å². The monoisotopic (exact) mass is 356 g/mol. The second kappa shape index (κ2) is 4.81. The van der Waals surface area contributed by atoms with E-state index in [9.17, 15) is 0 Å². The van der Waals surface area contributed by atoms with Crippen molar-refractivity contribution in [2.75, 3.05) is 5.32 Å². The summed E-state index contributed by atoms with van der Waals surface area (Å²) < 4.78 is 4.55. The molecule has 0 atom stereocenters. The van der Waals surface area contributed by atoms with E-state index in [1.165, 1.54) is 10.9 Å². The van der Waals surface area contributed by atoms with Crippen LogP contribution in [0.3, 0.4) is 0 Å². The van der Waals surface area contributed by atoms with Gasteiger partial charge in [0.05, 0.1) is 5.39 Å². The van der Waals surface area contributed by atoms with Crippen molar-refractivity contribution >= 4 is 49.4 Å². The van der Waals surface area contributed by atoms with Gasteiger partial charge in [-0.3, -0.25) is 0 Å². The molecule has 0 bridgehead atoms. The van der Waals surface area contributed by atoms with E-state index in [2.05, 4.69) is 65.3 Å². The van der Waals surface area contributed by atoms with Crippen molar-refractivity contribution < 1.29 is 0 Å². The van der Waals surface area contributed by atoms with E-state index >= 15 is 0 Å². The molecular weight excluding hydrogens is 344 g/mol. The minimum Gasteiger partial charge on any atom is -0.350 e. The molecule has 0 fully saturated rings. The molecule has 0 saturated heterocycles. The molecule has 1 aromatic carbocycles. The molecule has 3 aromatic heterocycles. The van der Waals surface area contributed by atoms with Crippen molar-refractivity contribution in [3.8, 4) is 0 Å². The zero-order valence-electron chi connectivity index (χ0n) is 12.1. The third-order valence-corrected chi connectivity index (χ3v) is 4.28. The van der Waals surface area contributed by atoms with Gasteiger partial charge >= 0.3 is 0 Å². The number of hydrogen-bond donors (Lipinski definition) is 1. The fraction of sp³-hybridized carbons (Fsp3) is 0.133. The van der Waals surface area contributed by atoms with Gasteiger partial charge in [0.1, 0.15) is 16.7 Å². The summed E-state index contributed by atoms with van der Waals surface area (Å²) in [6.07, 6.45) is 3.59. The molecule has 7 heteroatoms. The lowest BCUT2D eigenvalue weighted by atomic mass is 10.2. The first-order valence-corrected chi connectivity index (χ1v) is 7.58. The molecule has 0 aliphatic carbocycles. The Morgan fingerprint density at radius 2 is 2.00 bits per heavy atom. The van der Waals surface area contributed by atoms with E-state index in [-0.39, 0.29) is 0 Å². The average molecular weight is 357 g/mol. The van der Waals surface area contributed by atoms with E-state index < -0.39 is 0 Å². The maximum Gasteiger partial charge on any atom is 0.164 e. The molecule has 0 aliphatic rings. The summed E-state index contributed by atoms with van der Waals surface area (Å²) in [7, 11) is 3.90. The number of nitrogens with one attached hydrogen (secondary N) is 1. The predicted molar refractivity (Wildman–Crippen MR) is 90.2 cm³/mol. The largest absolute Gasteiger partial charge is 0.350 e. The lowest BCUT2D eigenvalue weighted by Crippen LogP contribution is -1.97. The van der Waals surface area contributed by atoms with Crippen molar-refractivity contribution in [1.82, 2.24) is 24.3 Å². The minimum absolute atomic E-state index is 0.730. The van der Waals surface area contributed by atoms with Gasteiger partial charge in [0.2, 0.25) is 0 Å². The van der Waals surface area contributed by atoms with Crippen molar-refractivity contribution in [3.05, 3.63) is 41.4 Å². The molecule has 110 valence electrons. The van der Waals surface area contributed by atoms with E-state index in [1.54, 1.807) is 11.0 Å². The first kappa shape index (κ1) is 13.3. The normalized spacial score (nSPS) is 11.4. The predicted octanol–water partition coefficient (Wildman–Crippen LogP) is 3.36. The van der Waals surface area contributed by atoms with Crippen LogP contribution < -0.4 is 5.32 Å². The third kappa shape index (κ3) is 1.97. The summed E-state index contributed by atoms with van der Waals surface area (Å²) in [5.74, 6) is 0.735. The molecule has 0 unspecified atom stereocenters. The van der Waals surface area contributed by atoms with E-state index in [4.69, 9.17) is 0 Å². The summed E-state index contributed by atoms with van der Waals surface area (Å²) in [6.45, 7) is 0. The Morgan fingerprint density at radius 3 is 2.86 bits per heavy atom. The Hall–Kier alpha value is -2.41. The molecule has 0 amide bonds. The molecule has 3 heterocycles. The molecule has 0 aliphatic heterocycles. The highest BCUT2D eigenvalue weighted by Gasteiger charge is 2.13. The van der Waals surface area contributed by atoms with Gasteiger partial charge in [0.25, 0.3) is 0 Å². The molecule has 1 N–H and O–H groups in total. The van der Waals surface area contributed by atoms with Gasteiger partial charge in [-0.2, -0.15) is 5.10 Å². The van der Waals surface area contributed by atoms with Crippen LogP contribution in [0.15, 0.2) is 41.4 Å². The van der Waals surface area contributed by atoms with Gasteiger partial charge in [-0.05, 0) is 39.5 Å². The number of anilines is 2. The number of aryl methyl sites for hydroxylation is 2. The first-order valence-electron chi connectivity index (χ1n) is 6.79. The van der Waals surface area contributed by atoms with Crippen LogP contribution in [0, 0.1) is 0 Å². The van der Waals surface area contributed by atoms with Gasteiger partial charge in [0, 0.05) is 31.5 Å². The highest BCUT2D eigenvalue weighted by Crippen LogP contribution is 2.30. The van der Waals surface area contributed by atoms with Crippen LogP contribution >= 0.6 is 15.9 Å². The Morgan fingerprint density at radius 1 is 1.14 bits per heavy atom. The smallest absolute Gasteiger partial charge is 0.164 e. The highest BCUT2D eigenvalue weighted by atomic mass is 79.9. The van der Waals surface area contributed by atoms with Gasteiger partial charge in [0.15, 0.2) is 5.65 Å². The van der Waals surface area contributed by atoms with Crippen molar-refractivity contribution in [3.63, 3.8) is 0 Å². The molecular formula is C15H13BrN6. The van der Waals surface area contributed by atoms with Crippen LogP contribution in [-0.2, 0) is 14.1 Å². The highest BCUT2D eigenvalue weighted by molar-refractivity contribution is 9.10. The second-order valence-corrected chi connectivity index (χ2v) is 5.91. The van der Waals surface area contributed by atoms with E-state index in [0.717, 1.165) is 27.1 Å². The molecule has 4 aromatic rings. The number of fused-ring (bicyclic) bond motifs is 2. The van der Waals surface area contributed by atoms with Gasteiger partial charge in [-0.25, -0.2) is 14.6 Å². The summed E-state index contributed by atoms with van der Waals surface area (Å²) in [5.41, 5.74) is 2.93. The summed E-state index contributed by atoms with van der Waals surface area (Å²) in [4.78, 5) is 8.63. The summed E-state index contributed by atoms with van der Waals surface area (Å²) in [6, 6.07) is 8.34. The molecule has 22 heavy (non-hydrogen) atoms. The first-order chi connectivity index (χ1) is 10.6. The number of rotatable bonds is 2. The standard InChI is InChI=1S/C15H13BrN6/c1-21-6-5-9-3-4-10(7-11(9)21)19-14-12-13(16)20-22(2)15(12)18-8-17-14/h3-8H,1-2H3,(H,17,18,19). The minimum atomic E-state index is 0.730. The Kier molecular flexibility index (Phi) is 2.90. The third-order valence-electron chi connectivity index (χ3n) is 3.73. The lowest BCUT2D eigenvalue weighted by Gasteiger charge is -2.07. The molecule has 0 saturated carbocycles. The van der Waals surface area contributed by atoms with Gasteiger partial charge < -0.3 is 9.88 Å². The zero-order chi connectivity index (χ0) is 15.3. The zero-order valence-corrected chi connectivity index (χ0v) is 13.7. The number of hydrogen-bond acceptors (Lipinski definition) is 4. The van der Waals surface area contributed by atoms with Crippen LogP contribution in [0.4, 0.5) is 11.5 Å². The number of nitrogens with zero attached hydrogens (tertiary/aromatic N) is 5. The number of halogens is 1. The van der Waals surface area contributed by atoms with Crippen LogP contribution in [0.5, 0.6) is 0 Å². The quantitative estimate of drug-likeness (QED) is 0.598. The molecule has 0 radical (unpaired) electrons. The maximum absolute atomic E-state index is 4.35. The average Bonchev–Trinajstić information content (AvgIpc) is 3.01. The second-order valence-electron chi connectivity index (χ2n) is 5.16. The Labute approximate surface area is 134 Å². The van der Waals surface area contributed by atoms with E-state index in [1.807, 2.05) is 20.2 Å². The molecule has 0 spiro atoms. The van der Waals surface area contributed by atoms with Crippen LogP contribution in [-0.4, -0.2) is 24.3 Å². The Bertz CT molecular complexity index is 1000. The van der Waals surface area contributed by atoms with Crippen LogP contribution in [0.1, 0.15) is 0 Å². The number of benzene rings is 1. The van der Waals surface area contributed by atoms with Crippen molar-refractivity contribution in [2.45, 2.75) is 0 Å². The van der Waals surface area contributed by atoms with Gasteiger partial charge in [-0.1, -0.05) is 6.07 Å². The van der Waals surface area contributed by atoms with E-state index in [0.29, 0.717) is 0 Å². The van der Waals surface area contributed by atoms with Crippen LogP contribution in [0.25, 0.3) is 21.9 Å². The molecule has 4 rings (SSSR count). The summed E-state index contributed by atoms with van der Waals surface area (Å²) in [5, 5.41) is 9.78. The van der Waals surface area contributed by atoms with Gasteiger partial charge in [-0.15, -0.1) is 0 Å². The molecule has 6 nitrogen and oxygen atoms in total. The van der Waals surface area contributed by atoms with Crippen molar-refractivity contribution in [1.29, 1.82) is 0 Å². The Balaban J connectivity index is 1.83. The maximum atomic E-state index is 4.35. The lowest BCUT2D eigenvalue weighted by molar-refractivity contribution is 0.777. The van der Waals surface area contributed by atoms with Crippen LogP contribution in [0.2, 0.25) is 0 Å². The fourth-order valence-electron chi connectivity index (χ4n) is 2.61.